The predicted molar refractivity (Wildman–Crippen MR) is 88.3 cm³/mol. The second-order valence-corrected chi connectivity index (χ2v) is 6.08. The number of thioether (sulfide) groups is 1. The number of aromatic nitrogens is 4. The topological polar surface area (TPSA) is 72.2 Å². The van der Waals surface area contributed by atoms with Gasteiger partial charge in [-0.2, -0.15) is 4.98 Å². The zero-order valence-electron chi connectivity index (χ0n) is 13.6. The highest BCUT2D eigenvalue weighted by atomic mass is 32.2. The Morgan fingerprint density at radius 1 is 1.27 bits per heavy atom. The van der Waals surface area contributed by atoms with Crippen molar-refractivity contribution in [2.45, 2.75) is 51.6 Å². The molecule has 0 bridgehead atoms. The van der Waals surface area contributed by atoms with Crippen molar-refractivity contribution in [3.05, 3.63) is 17.0 Å². The van der Waals surface area contributed by atoms with Gasteiger partial charge in [-0.15, -0.1) is 5.10 Å². The van der Waals surface area contributed by atoms with Gasteiger partial charge in [0.05, 0.1) is 6.42 Å². The van der Waals surface area contributed by atoms with Crippen molar-refractivity contribution in [2.75, 3.05) is 12.8 Å². The van der Waals surface area contributed by atoms with Crippen molar-refractivity contribution < 1.29 is 4.79 Å². The minimum atomic E-state index is 0.0358. The smallest absolute Gasteiger partial charge is 0.253 e. The minimum Gasteiger partial charge on any atom is -0.356 e. The molecule has 0 unspecified atom stereocenters. The predicted octanol–water partition coefficient (Wildman–Crippen LogP) is 2.31. The highest BCUT2D eigenvalue weighted by molar-refractivity contribution is 7.98. The van der Waals surface area contributed by atoms with E-state index < -0.39 is 0 Å². The van der Waals surface area contributed by atoms with Crippen molar-refractivity contribution in [3.63, 3.8) is 0 Å². The van der Waals surface area contributed by atoms with Crippen molar-refractivity contribution in [1.29, 1.82) is 0 Å². The molecule has 0 fully saturated rings. The molecule has 0 spiro atoms. The number of hydrogen-bond donors (Lipinski definition) is 1. The van der Waals surface area contributed by atoms with Gasteiger partial charge in [0.1, 0.15) is 0 Å². The molecule has 0 saturated heterocycles. The Balaban J connectivity index is 2.15. The molecule has 0 radical (unpaired) electrons. The van der Waals surface area contributed by atoms with Gasteiger partial charge in [0, 0.05) is 23.5 Å². The Morgan fingerprint density at radius 2 is 2.05 bits per heavy atom. The fraction of sp³-hybridized carbons (Fsp3) is 0.600. The maximum atomic E-state index is 12.1. The van der Waals surface area contributed by atoms with Crippen LogP contribution in [0.2, 0.25) is 0 Å². The quantitative estimate of drug-likeness (QED) is 0.626. The molecule has 22 heavy (non-hydrogen) atoms. The summed E-state index contributed by atoms with van der Waals surface area (Å²) in [6.07, 6.45) is 5.58. The number of unbranched alkanes of at least 4 members (excludes halogenated alkanes) is 2. The van der Waals surface area contributed by atoms with E-state index in [0.717, 1.165) is 42.8 Å². The molecule has 1 N–H and O–H groups in total. The van der Waals surface area contributed by atoms with Crippen LogP contribution < -0.4 is 5.32 Å². The van der Waals surface area contributed by atoms with E-state index in [1.54, 1.807) is 4.52 Å². The Hall–Kier alpha value is -1.63. The lowest BCUT2D eigenvalue weighted by molar-refractivity contribution is -0.120. The standard InChI is InChI=1S/C15H23N5OS/c1-5-6-7-8-16-13(21)9-12-10(2)17-14-18-15(22-4)19-20(14)11(12)3/h5-9H2,1-4H3,(H,16,21). The van der Waals surface area contributed by atoms with Gasteiger partial charge in [0.2, 0.25) is 11.1 Å². The number of rotatable bonds is 7. The normalized spacial score (nSPS) is 11.1. The minimum absolute atomic E-state index is 0.0358. The zero-order chi connectivity index (χ0) is 16.1. The molecular weight excluding hydrogens is 298 g/mol. The van der Waals surface area contributed by atoms with Gasteiger partial charge >= 0.3 is 0 Å². The van der Waals surface area contributed by atoms with Gasteiger partial charge < -0.3 is 5.32 Å². The molecule has 6 nitrogen and oxygen atoms in total. The molecular formula is C15H23N5OS. The van der Waals surface area contributed by atoms with E-state index in [1.807, 2.05) is 20.1 Å². The van der Waals surface area contributed by atoms with Crippen LogP contribution >= 0.6 is 11.8 Å². The second-order valence-electron chi connectivity index (χ2n) is 5.31. The number of carbonyl (C=O) groups is 1. The first-order valence-corrected chi connectivity index (χ1v) is 8.82. The van der Waals surface area contributed by atoms with Gasteiger partial charge in [0.15, 0.2) is 0 Å². The Kier molecular flexibility index (Phi) is 5.76. The Labute approximate surface area is 135 Å². The molecule has 0 aromatic carbocycles. The van der Waals surface area contributed by atoms with Gasteiger partial charge in [-0.25, -0.2) is 9.50 Å². The first kappa shape index (κ1) is 16.7. The van der Waals surface area contributed by atoms with Crippen LogP contribution in [0, 0.1) is 13.8 Å². The molecule has 2 heterocycles. The summed E-state index contributed by atoms with van der Waals surface area (Å²) in [5.41, 5.74) is 2.70. The van der Waals surface area contributed by atoms with E-state index in [0.29, 0.717) is 17.4 Å². The monoisotopic (exact) mass is 321 g/mol. The van der Waals surface area contributed by atoms with Crippen LogP contribution in [0.3, 0.4) is 0 Å². The molecule has 2 aromatic heterocycles. The van der Waals surface area contributed by atoms with E-state index >= 15 is 0 Å². The van der Waals surface area contributed by atoms with Crippen molar-refractivity contribution in [3.8, 4) is 0 Å². The van der Waals surface area contributed by atoms with E-state index in [2.05, 4.69) is 27.3 Å². The van der Waals surface area contributed by atoms with E-state index in [-0.39, 0.29) is 5.91 Å². The summed E-state index contributed by atoms with van der Waals surface area (Å²) in [6, 6.07) is 0. The SMILES string of the molecule is CCCCCNC(=O)Cc1c(C)nc2nc(SC)nn2c1C. The molecule has 0 atom stereocenters. The largest absolute Gasteiger partial charge is 0.356 e. The van der Waals surface area contributed by atoms with E-state index in [9.17, 15) is 4.79 Å². The van der Waals surface area contributed by atoms with Crippen LogP contribution in [0.15, 0.2) is 5.16 Å². The summed E-state index contributed by atoms with van der Waals surface area (Å²) in [7, 11) is 0. The van der Waals surface area contributed by atoms with E-state index in [1.165, 1.54) is 11.8 Å². The van der Waals surface area contributed by atoms with E-state index in [4.69, 9.17) is 0 Å². The molecule has 0 aliphatic carbocycles. The zero-order valence-corrected chi connectivity index (χ0v) is 14.5. The summed E-state index contributed by atoms with van der Waals surface area (Å²) in [5.74, 6) is 0.625. The molecule has 0 aliphatic rings. The Morgan fingerprint density at radius 3 is 2.73 bits per heavy atom. The summed E-state index contributed by atoms with van der Waals surface area (Å²) in [5, 5.41) is 8.06. The number of nitrogens with one attached hydrogen (secondary N) is 1. The molecule has 1 amide bonds. The van der Waals surface area contributed by atoms with Crippen molar-refractivity contribution in [2.24, 2.45) is 0 Å². The maximum absolute atomic E-state index is 12.1. The van der Waals surface area contributed by atoms with Gasteiger partial charge in [0.25, 0.3) is 5.78 Å². The van der Waals surface area contributed by atoms with Crippen LogP contribution in [0.25, 0.3) is 5.78 Å². The number of nitrogens with zero attached hydrogens (tertiary/aromatic N) is 4. The van der Waals surface area contributed by atoms with Crippen LogP contribution in [-0.4, -0.2) is 38.3 Å². The second kappa shape index (κ2) is 7.58. The molecule has 0 saturated carbocycles. The fourth-order valence-electron chi connectivity index (χ4n) is 2.36. The lowest BCUT2D eigenvalue weighted by Gasteiger charge is -2.10. The lowest BCUT2D eigenvalue weighted by atomic mass is 10.1. The lowest BCUT2D eigenvalue weighted by Crippen LogP contribution is -2.27. The number of carbonyl (C=O) groups excluding carboxylic acids is 1. The highest BCUT2D eigenvalue weighted by Gasteiger charge is 2.15. The average molecular weight is 321 g/mol. The van der Waals surface area contributed by atoms with Crippen LogP contribution in [-0.2, 0) is 11.2 Å². The van der Waals surface area contributed by atoms with Crippen LogP contribution in [0.4, 0.5) is 0 Å². The first-order chi connectivity index (χ1) is 10.6. The Bertz CT molecular complexity index is 667. The summed E-state index contributed by atoms with van der Waals surface area (Å²) in [6.45, 7) is 6.76. The van der Waals surface area contributed by atoms with Gasteiger partial charge in [-0.05, 0) is 26.5 Å². The third-order valence-electron chi connectivity index (χ3n) is 3.65. The number of fused-ring (bicyclic) bond motifs is 1. The fourth-order valence-corrected chi connectivity index (χ4v) is 2.69. The number of hydrogen-bond acceptors (Lipinski definition) is 5. The third kappa shape index (κ3) is 3.76. The van der Waals surface area contributed by atoms with Crippen molar-refractivity contribution >= 4 is 23.4 Å². The highest BCUT2D eigenvalue weighted by Crippen LogP contribution is 2.17. The first-order valence-electron chi connectivity index (χ1n) is 7.60. The van der Waals surface area contributed by atoms with Crippen molar-refractivity contribution in [1.82, 2.24) is 24.9 Å². The van der Waals surface area contributed by atoms with Crippen LogP contribution in [0.1, 0.15) is 43.1 Å². The molecule has 0 aliphatic heterocycles. The summed E-state index contributed by atoms with van der Waals surface area (Å²) in [4.78, 5) is 20.9. The van der Waals surface area contributed by atoms with Crippen LogP contribution in [0.5, 0.6) is 0 Å². The summed E-state index contributed by atoms with van der Waals surface area (Å²) >= 11 is 1.48. The number of aryl methyl sites for hydroxylation is 2. The maximum Gasteiger partial charge on any atom is 0.253 e. The molecule has 120 valence electrons. The van der Waals surface area contributed by atoms with Gasteiger partial charge in [-0.3, -0.25) is 4.79 Å². The third-order valence-corrected chi connectivity index (χ3v) is 4.19. The average Bonchev–Trinajstić information content (AvgIpc) is 2.91. The number of amides is 1. The van der Waals surface area contributed by atoms with Gasteiger partial charge in [-0.1, -0.05) is 31.5 Å². The molecule has 2 aromatic rings. The molecule has 7 heteroatoms. The molecule has 2 rings (SSSR count). The summed E-state index contributed by atoms with van der Waals surface area (Å²) < 4.78 is 1.72.